The molecule has 0 radical (unpaired) electrons. The highest BCUT2D eigenvalue weighted by atomic mass is 14.7. The minimum atomic E-state index is 0.759. The van der Waals surface area contributed by atoms with Crippen LogP contribution in [-0.2, 0) is 0 Å². The molecule has 0 bridgehead atoms. The number of allylic oxidation sites excluding steroid dienone is 5. The standard InChI is InChI=1S/C11H13N/c1-4-10-7-6-9(3)8-12-11(10)5-2/h4-7H,1-2,8H2,3H3. The van der Waals surface area contributed by atoms with E-state index in [1.54, 1.807) is 12.2 Å². The van der Waals surface area contributed by atoms with Gasteiger partial charge in [-0.15, -0.1) is 0 Å². The zero-order chi connectivity index (χ0) is 8.97. The van der Waals surface area contributed by atoms with Crippen LogP contribution >= 0.6 is 0 Å². The molecule has 0 spiro atoms. The Morgan fingerprint density at radius 2 is 2.08 bits per heavy atom. The molecule has 1 aliphatic heterocycles. The molecule has 1 heteroatoms. The van der Waals surface area contributed by atoms with Crippen molar-refractivity contribution in [1.82, 2.24) is 0 Å². The summed E-state index contributed by atoms with van der Waals surface area (Å²) in [6.45, 7) is 10.3. The van der Waals surface area contributed by atoms with Gasteiger partial charge in [-0.05, 0) is 18.6 Å². The van der Waals surface area contributed by atoms with Crippen LogP contribution in [0.25, 0.3) is 0 Å². The fourth-order valence-corrected chi connectivity index (χ4v) is 1.03. The predicted octanol–water partition coefficient (Wildman–Crippen LogP) is 2.69. The molecule has 0 amide bonds. The third-order valence-corrected chi connectivity index (χ3v) is 1.76. The first-order valence-corrected chi connectivity index (χ1v) is 3.95. The first-order valence-electron chi connectivity index (χ1n) is 3.95. The number of rotatable bonds is 2. The highest BCUT2D eigenvalue weighted by Crippen LogP contribution is 2.08. The summed E-state index contributed by atoms with van der Waals surface area (Å²) in [5, 5.41) is 0. The Labute approximate surface area is 73.5 Å². The Bertz CT molecular complexity index is 290. The van der Waals surface area contributed by atoms with Gasteiger partial charge < -0.3 is 0 Å². The van der Waals surface area contributed by atoms with E-state index in [0.717, 1.165) is 17.8 Å². The smallest absolute Gasteiger partial charge is 0.0644 e. The van der Waals surface area contributed by atoms with Gasteiger partial charge in [0.25, 0.3) is 0 Å². The summed E-state index contributed by atoms with van der Waals surface area (Å²) in [4.78, 5) is 4.37. The van der Waals surface area contributed by atoms with Crippen LogP contribution in [0.5, 0.6) is 0 Å². The van der Waals surface area contributed by atoms with E-state index in [0.29, 0.717) is 0 Å². The highest BCUT2D eigenvalue weighted by Gasteiger charge is 2.01. The molecule has 1 rings (SSSR count). The van der Waals surface area contributed by atoms with Crippen LogP contribution in [0.2, 0.25) is 0 Å². The monoisotopic (exact) mass is 159 g/mol. The topological polar surface area (TPSA) is 12.4 Å². The molecule has 1 nitrogen and oxygen atoms in total. The minimum absolute atomic E-state index is 0.759. The zero-order valence-corrected chi connectivity index (χ0v) is 7.38. The molecule has 1 aliphatic rings. The molecule has 0 fully saturated rings. The Morgan fingerprint density at radius 1 is 1.33 bits per heavy atom. The Balaban J connectivity index is 3.05. The van der Waals surface area contributed by atoms with Gasteiger partial charge in [0.15, 0.2) is 0 Å². The van der Waals surface area contributed by atoms with Gasteiger partial charge in [0.1, 0.15) is 0 Å². The minimum Gasteiger partial charge on any atom is -0.280 e. The van der Waals surface area contributed by atoms with Gasteiger partial charge in [0.05, 0.1) is 12.3 Å². The fourth-order valence-electron chi connectivity index (χ4n) is 1.03. The second-order valence-corrected chi connectivity index (χ2v) is 2.74. The van der Waals surface area contributed by atoms with Crippen molar-refractivity contribution < 1.29 is 0 Å². The van der Waals surface area contributed by atoms with E-state index in [2.05, 4.69) is 31.2 Å². The van der Waals surface area contributed by atoms with Crippen molar-refractivity contribution in [2.24, 2.45) is 4.99 Å². The van der Waals surface area contributed by atoms with Crippen molar-refractivity contribution >= 4 is 5.71 Å². The average Bonchev–Trinajstić information content (AvgIpc) is 2.27. The summed E-state index contributed by atoms with van der Waals surface area (Å²) in [5.74, 6) is 0. The molecule has 0 aromatic carbocycles. The van der Waals surface area contributed by atoms with Crippen LogP contribution in [0.15, 0.2) is 53.6 Å². The maximum atomic E-state index is 4.37. The lowest BCUT2D eigenvalue weighted by Crippen LogP contribution is -1.95. The molecule has 0 saturated carbocycles. The molecular formula is C11H13N. The summed E-state index contributed by atoms with van der Waals surface area (Å²) in [6, 6.07) is 0. The van der Waals surface area contributed by atoms with E-state index < -0.39 is 0 Å². The van der Waals surface area contributed by atoms with E-state index in [4.69, 9.17) is 0 Å². The number of nitrogens with zero attached hydrogens (tertiary/aromatic N) is 1. The summed E-state index contributed by atoms with van der Waals surface area (Å²) >= 11 is 0. The Hall–Kier alpha value is -1.37. The first kappa shape index (κ1) is 8.72. The molecule has 0 atom stereocenters. The van der Waals surface area contributed by atoms with Crippen LogP contribution in [0.4, 0.5) is 0 Å². The molecule has 0 aromatic heterocycles. The van der Waals surface area contributed by atoms with Crippen molar-refractivity contribution in [3.63, 3.8) is 0 Å². The number of hydrogen-bond acceptors (Lipinski definition) is 1. The van der Waals surface area contributed by atoms with Gasteiger partial charge in [-0.3, -0.25) is 4.99 Å². The van der Waals surface area contributed by atoms with Crippen LogP contribution in [0.1, 0.15) is 6.92 Å². The number of aliphatic imine (C=N–C) groups is 1. The van der Waals surface area contributed by atoms with E-state index in [-0.39, 0.29) is 0 Å². The summed E-state index contributed by atoms with van der Waals surface area (Å²) in [6.07, 6.45) is 7.66. The van der Waals surface area contributed by atoms with Crippen molar-refractivity contribution in [1.29, 1.82) is 0 Å². The van der Waals surface area contributed by atoms with Crippen molar-refractivity contribution in [3.05, 3.63) is 48.6 Å². The first-order chi connectivity index (χ1) is 5.77. The van der Waals surface area contributed by atoms with Gasteiger partial charge in [0.2, 0.25) is 0 Å². The van der Waals surface area contributed by atoms with E-state index in [9.17, 15) is 0 Å². The highest BCUT2D eigenvalue weighted by molar-refractivity contribution is 6.10. The maximum absolute atomic E-state index is 4.37. The third-order valence-electron chi connectivity index (χ3n) is 1.76. The summed E-state index contributed by atoms with van der Waals surface area (Å²) < 4.78 is 0. The SMILES string of the molecule is C=CC1=CC=C(C)CN=C1C=C. The number of hydrogen-bond donors (Lipinski definition) is 0. The van der Waals surface area contributed by atoms with Crippen LogP contribution in [0, 0.1) is 0 Å². The normalized spacial score (nSPS) is 16.9. The largest absolute Gasteiger partial charge is 0.280 e. The molecule has 0 aromatic rings. The third kappa shape index (κ3) is 1.82. The van der Waals surface area contributed by atoms with Crippen LogP contribution in [0.3, 0.4) is 0 Å². The van der Waals surface area contributed by atoms with E-state index in [1.807, 2.05) is 6.08 Å². The van der Waals surface area contributed by atoms with Gasteiger partial charge in [-0.2, -0.15) is 0 Å². The summed E-state index contributed by atoms with van der Waals surface area (Å²) in [7, 11) is 0. The molecule has 0 aliphatic carbocycles. The lowest BCUT2D eigenvalue weighted by atomic mass is 10.1. The second-order valence-electron chi connectivity index (χ2n) is 2.74. The molecule has 0 saturated heterocycles. The van der Waals surface area contributed by atoms with Gasteiger partial charge in [-0.1, -0.05) is 37.0 Å². The van der Waals surface area contributed by atoms with Gasteiger partial charge >= 0.3 is 0 Å². The predicted molar refractivity (Wildman–Crippen MR) is 54.5 cm³/mol. The lowest BCUT2D eigenvalue weighted by molar-refractivity contribution is 1.14. The summed E-state index contributed by atoms with van der Waals surface area (Å²) in [5.41, 5.74) is 3.23. The average molecular weight is 159 g/mol. The maximum Gasteiger partial charge on any atom is 0.0644 e. The van der Waals surface area contributed by atoms with E-state index >= 15 is 0 Å². The second kappa shape index (κ2) is 3.86. The van der Waals surface area contributed by atoms with Gasteiger partial charge in [0, 0.05) is 0 Å². The lowest BCUT2D eigenvalue weighted by Gasteiger charge is -1.97. The van der Waals surface area contributed by atoms with Crippen molar-refractivity contribution in [2.75, 3.05) is 6.54 Å². The van der Waals surface area contributed by atoms with Gasteiger partial charge in [-0.25, -0.2) is 0 Å². The van der Waals surface area contributed by atoms with Crippen LogP contribution in [-0.4, -0.2) is 12.3 Å². The fraction of sp³-hybridized carbons (Fsp3) is 0.182. The molecular weight excluding hydrogens is 146 g/mol. The van der Waals surface area contributed by atoms with Crippen molar-refractivity contribution in [2.45, 2.75) is 6.92 Å². The van der Waals surface area contributed by atoms with E-state index in [1.165, 1.54) is 5.57 Å². The quantitative estimate of drug-likeness (QED) is 0.587. The molecule has 62 valence electrons. The molecule has 12 heavy (non-hydrogen) atoms. The Morgan fingerprint density at radius 3 is 2.67 bits per heavy atom. The Kier molecular flexibility index (Phi) is 2.81. The van der Waals surface area contributed by atoms with Crippen LogP contribution < -0.4 is 0 Å². The zero-order valence-electron chi connectivity index (χ0n) is 7.38. The molecule has 0 unspecified atom stereocenters. The molecule has 0 N–H and O–H groups in total. The molecule has 1 heterocycles. The van der Waals surface area contributed by atoms with Crippen molar-refractivity contribution in [3.8, 4) is 0 Å².